The summed E-state index contributed by atoms with van der Waals surface area (Å²) in [5.41, 5.74) is -0.299. The molecule has 3 aliphatic rings. The average molecular weight is 346 g/mol. The molecule has 1 amide bonds. The molecule has 7 heteroatoms. The number of hydrogen-bond donors (Lipinski definition) is 1. The van der Waals surface area contributed by atoms with Gasteiger partial charge in [0.15, 0.2) is 11.5 Å². The Morgan fingerprint density at radius 1 is 1.12 bits per heavy atom. The first-order chi connectivity index (χ1) is 12.1. The summed E-state index contributed by atoms with van der Waals surface area (Å²) in [7, 11) is 0. The van der Waals surface area contributed by atoms with Gasteiger partial charge < -0.3 is 19.5 Å². The van der Waals surface area contributed by atoms with Crippen molar-refractivity contribution < 1.29 is 24.2 Å². The van der Waals surface area contributed by atoms with E-state index in [0.717, 1.165) is 25.9 Å². The Morgan fingerprint density at radius 3 is 2.64 bits per heavy atom. The maximum absolute atomic E-state index is 12.4. The highest BCUT2D eigenvalue weighted by atomic mass is 16.7. The van der Waals surface area contributed by atoms with Crippen molar-refractivity contribution in [3.05, 3.63) is 23.8 Å². The molecule has 0 saturated carbocycles. The Balaban J connectivity index is 1.52. The fraction of sp³-hybridized carbons (Fsp3) is 0.556. The number of aliphatic carboxylic acids is 1. The van der Waals surface area contributed by atoms with E-state index in [2.05, 4.69) is 0 Å². The second kappa shape index (κ2) is 6.22. The molecule has 0 bridgehead atoms. The van der Waals surface area contributed by atoms with Crippen LogP contribution in [0, 0.1) is 0 Å². The lowest BCUT2D eigenvalue weighted by molar-refractivity contribution is -0.143. The van der Waals surface area contributed by atoms with E-state index in [1.165, 1.54) is 0 Å². The zero-order valence-corrected chi connectivity index (χ0v) is 14.1. The quantitative estimate of drug-likeness (QED) is 0.878. The first-order valence-corrected chi connectivity index (χ1v) is 8.72. The molecular weight excluding hydrogens is 324 g/mol. The molecule has 3 heterocycles. The Labute approximate surface area is 146 Å². The normalized spacial score (nSPS) is 25.5. The van der Waals surface area contributed by atoms with Crippen LogP contribution in [0.4, 0.5) is 0 Å². The van der Waals surface area contributed by atoms with Crippen molar-refractivity contribution in [2.75, 3.05) is 39.5 Å². The van der Waals surface area contributed by atoms with E-state index >= 15 is 0 Å². The predicted octanol–water partition coefficient (Wildman–Crippen LogP) is 1.07. The SMILES string of the molecule is O=C(CN1CCC(C(=O)O)(c2ccc3c(c2)OCO3)C1)N1CCCC1. The maximum atomic E-state index is 12.4. The Bertz CT molecular complexity index is 701. The van der Waals surface area contributed by atoms with Crippen LogP contribution < -0.4 is 9.47 Å². The standard InChI is InChI=1S/C18H22N2O5/c21-16(20-6-1-2-7-20)10-19-8-5-18(11-19,17(22)23)13-3-4-14-15(9-13)25-12-24-14/h3-4,9H,1-2,5-8,10-12H2,(H,22,23). The van der Waals surface area contributed by atoms with Crippen molar-refractivity contribution in [3.8, 4) is 11.5 Å². The molecule has 7 nitrogen and oxygen atoms in total. The molecular formula is C18H22N2O5. The van der Waals surface area contributed by atoms with E-state index in [1.54, 1.807) is 18.2 Å². The van der Waals surface area contributed by atoms with E-state index in [4.69, 9.17) is 9.47 Å². The molecule has 1 atom stereocenters. The van der Waals surface area contributed by atoms with Gasteiger partial charge in [0.2, 0.25) is 12.7 Å². The summed E-state index contributed by atoms with van der Waals surface area (Å²) in [6.07, 6.45) is 2.60. The molecule has 1 N–H and O–H groups in total. The van der Waals surface area contributed by atoms with Crippen LogP contribution in [0.5, 0.6) is 11.5 Å². The second-order valence-corrected chi connectivity index (χ2v) is 7.00. The fourth-order valence-corrected chi connectivity index (χ4v) is 4.01. The van der Waals surface area contributed by atoms with Gasteiger partial charge in [-0.05, 0) is 37.0 Å². The van der Waals surface area contributed by atoms with E-state index in [1.807, 2.05) is 9.80 Å². The van der Waals surface area contributed by atoms with Crippen molar-refractivity contribution in [3.63, 3.8) is 0 Å². The van der Waals surface area contributed by atoms with Crippen LogP contribution in [0.1, 0.15) is 24.8 Å². The van der Waals surface area contributed by atoms with E-state index in [9.17, 15) is 14.7 Å². The van der Waals surface area contributed by atoms with Gasteiger partial charge >= 0.3 is 5.97 Å². The molecule has 0 radical (unpaired) electrons. The number of carbonyl (C=O) groups excluding carboxylic acids is 1. The summed E-state index contributed by atoms with van der Waals surface area (Å²) >= 11 is 0. The number of likely N-dealkylation sites (tertiary alicyclic amines) is 2. The average Bonchev–Trinajstić information content (AvgIpc) is 3.34. The molecule has 0 spiro atoms. The summed E-state index contributed by atoms with van der Waals surface area (Å²) in [5, 5.41) is 9.94. The van der Waals surface area contributed by atoms with Crippen LogP contribution in [-0.4, -0.2) is 66.3 Å². The fourth-order valence-electron chi connectivity index (χ4n) is 4.01. The van der Waals surface area contributed by atoms with E-state index < -0.39 is 11.4 Å². The molecule has 2 saturated heterocycles. The monoisotopic (exact) mass is 346 g/mol. The van der Waals surface area contributed by atoms with Gasteiger partial charge in [0, 0.05) is 26.2 Å². The predicted molar refractivity (Wildman–Crippen MR) is 88.7 cm³/mol. The maximum Gasteiger partial charge on any atom is 0.315 e. The molecule has 4 rings (SSSR count). The van der Waals surface area contributed by atoms with Crippen molar-refractivity contribution in [1.29, 1.82) is 0 Å². The summed E-state index contributed by atoms with van der Waals surface area (Å²) in [5.74, 6) is 0.472. The molecule has 25 heavy (non-hydrogen) atoms. The Morgan fingerprint density at radius 2 is 1.88 bits per heavy atom. The first-order valence-electron chi connectivity index (χ1n) is 8.72. The van der Waals surface area contributed by atoms with Gasteiger partial charge in [0.05, 0.1) is 6.54 Å². The Kier molecular flexibility index (Phi) is 4.03. The van der Waals surface area contributed by atoms with Crippen LogP contribution in [0.25, 0.3) is 0 Å². The number of carboxylic acids is 1. The van der Waals surface area contributed by atoms with E-state index in [0.29, 0.717) is 43.1 Å². The van der Waals surface area contributed by atoms with Crippen LogP contribution in [0.15, 0.2) is 18.2 Å². The third-order valence-electron chi connectivity index (χ3n) is 5.50. The van der Waals surface area contributed by atoms with Gasteiger partial charge in [-0.15, -0.1) is 0 Å². The molecule has 1 aromatic carbocycles. The molecule has 134 valence electrons. The van der Waals surface area contributed by atoms with Gasteiger partial charge in [-0.1, -0.05) is 6.07 Å². The van der Waals surface area contributed by atoms with Crippen LogP contribution in [0.2, 0.25) is 0 Å². The van der Waals surface area contributed by atoms with Gasteiger partial charge in [-0.2, -0.15) is 0 Å². The third kappa shape index (κ3) is 2.82. The summed E-state index contributed by atoms with van der Waals surface area (Å²) < 4.78 is 10.7. The highest BCUT2D eigenvalue weighted by molar-refractivity contribution is 5.83. The zero-order valence-electron chi connectivity index (χ0n) is 14.1. The molecule has 1 aromatic rings. The Hall–Kier alpha value is -2.28. The largest absolute Gasteiger partial charge is 0.481 e. The minimum atomic E-state index is -1.01. The summed E-state index contributed by atoms with van der Waals surface area (Å²) in [4.78, 5) is 28.3. The highest BCUT2D eigenvalue weighted by Crippen LogP contribution is 2.40. The number of amides is 1. The number of fused-ring (bicyclic) bond motifs is 1. The number of hydrogen-bond acceptors (Lipinski definition) is 5. The smallest absolute Gasteiger partial charge is 0.315 e. The molecule has 2 fully saturated rings. The van der Waals surface area contributed by atoms with Gasteiger partial charge in [-0.3, -0.25) is 14.5 Å². The lowest BCUT2D eigenvalue weighted by Crippen LogP contribution is -2.42. The number of benzene rings is 1. The number of nitrogens with zero attached hydrogens (tertiary/aromatic N) is 2. The van der Waals surface area contributed by atoms with Crippen LogP contribution in [0.3, 0.4) is 0 Å². The molecule has 1 unspecified atom stereocenters. The molecule has 0 aliphatic carbocycles. The van der Waals surface area contributed by atoms with Gasteiger partial charge in [-0.25, -0.2) is 0 Å². The van der Waals surface area contributed by atoms with E-state index in [-0.39, 0.29) is 12.7 Å². The second-order valence-electron chi connectivity index (χ2n) is 7.00. The van der Waals surface area contributed by atoms with Gasteiger partial charge in [0.25, 0.3) is 0 Å². The van der Waals surface area contributed by atoms with Gasteiger partial charge in [0.1, 0.15) is 5.41 Å². The van der Waals surface area contributed by atoms with Crippen LogP contribution in [-0.2, 0) is 15.0 Å². The number of carbonyl (C=O) groups is 2. The zero-order chi connectivity index (χ0) is 17.4. The lowest BCUT2D eigenvalue weighted by Gasteiger charge is -2.26. The first kappa shape index (κ1) is 16.2. The highest BCUT2D eigenvalue weighted by Gasteiger charge is 2.47. The third-order valence-corrected chi connectivity index (χ3v) is 5.50. The number of rotatable bonds is 4. The lowest BCUT2D eigenvalue weighted by atomic mass is 9.79. The summed E-state index contributed by atoms with van der Waals surface area (Å²) in [6, 6.07) is 5.33. The van der Waals surface area contributed by atoms with Crippen molar-refractivity contribution in [2.24, 2.45) is 0 Å². The number of carboxylic acid groups (broad SMARTS) is 1. The topological polar surface area (TPSA) is 79.3 Å². The molecule has 0 aromatic heterocycles. The van der Waals surface area contributed by atoms with Crippen molar-refractivity contribution >= 4 is 11.9 Å². The van der Waals surface area contributed by atoms with Crippen molar-refractivity contribution in [2.45, 2.75) is 24.7 Å². The minimum absolute atomic E-state index is 0.101. The van der Waals surface area contributed by atoms with Crippen molar-refractivity contribution in [1.82, 2.24) is 9.80 Å². The van der Waals surface area contributed by atoms with Crippen LogP contribution >= 0.6 is 0 Å². The molecule has 3 aliphatic heterocycles. The number of ether oxygens (including phenoxy) is 2. The summed E-state index contributed by atoms with van der Waals surface area (Å²) in [6.45, 7) is 3.02. The minimum Gasteiger partial charge on any atom is -0.481 e.